The van der Waals surface area contributed by atoms with Crippen LogP contribution in [0, 0.1) is 0 Å². The first kappa shape index (κ1) is 16.7. The van der Waals surface area contributed by atoms with Gasteiger partial charge in [-0.2, -0.15) is 0 Å². The number of rotatable bonds is 9. The average molecular weight is 277 g/mol. The topological polar surface area (TPSA) is 40.5 Å². The SMILES string of the molecule is CCCCC(CC)N(C)CCc1ccccc1C(=O)O. The highest BCUT2D eigenvalue weighted by atomic mass is 16.4. The lowest BCUT2D eigenvalue weighted by atomic mass is 10.0. The van der Waals surface area contributed by atoms with Gasteiger partial charge in [-0.25, -0.2) is 4.79 Å². The van der Waals surface area contributed by atoms with Gasteiger partial charge in [0.25, 0.3) is 0 Å². The van der Waals surface area contributed by atoms with Crippen molar-refractivity contribution < 1.29 is 9.90 Å². The van der Waals surface area contributed by atoms with Gasteiger partial charge in [-0.15, -0.1) is 0 Å². The Morgan fingerprint density at radius 3 is 2.60 bits per heavy atom. The highest BCUT2D eigenvalue weighted by molar-refractivity contribution is 5.89. The van der Waals surface area contributed by atoms with E-state index in [9.17, 15) is 9.90 Å². The Hall–Kier alpha value is -1.35. The Labute approximate surface area is 122 Å². The van der Waals surface area contributed by atoms with E-state index in [0.717, 1.165) is 24.9 Å². The van der Waals surface area contributed by atoms with Crippen molar-refractivity contribution in [1.82, 2.24) is 4.90 Å². The Morgan fingerprint density at radius 1 is 1.30 bits per heavy atom. The molecule has 0 fully saturated rings. The van der Waals surface area contributed by atoms with Gasteiger partial charge in [0.15, 0.2) is 0 Å². The second-order valence-electron chi connectivity index (χ2n) is 5.40. The van der Waals surface area contributed by atoms with Gasteiger partial charge in [0, 0.05) is 12.6 Å². The molecular weight excluding hydrogens is 250 g/mol. The summed E-state index contributed by atoms with van der Waals surface area (Å²) in [5.74, 6) is -0.832. The van der Waals surface area contributed by atoms with E-state index in [1.54, 1.807) is 12.1 Å². The van der Waals surface area contributed by atoms with Crippen molar-refractivity contribution in [3.8, 4) is 0 Å². The van der Waals surface area contributed by atoms with Crippen molar-refractivity contribution >= 4 is 5.97 Å². The molecule has 0 aliphatic heterocycles. The van der Waals surface area contributed by atoms with Gasteiger partial charge in [-0.05, 0) is 37.9 Å². The lowest BCUT2D eigenvalue weighted by molar-refractivity contribution is 0.0695. The van der Waals surface area contributed by atoms with Crippen LogP contribution < -0.4 is 0 Å². The molecule has 0 bridgehead atoms. The normalized spacial score (nSPS) is 12.6. The minimum atomic E-state index is -0.832. The number of likely N-dealkylation sites (N-methyl/N-ethyl adjacent to an activating group) is 1. The quantitative estimate of drug-likeness (QED) is 0.746. The van der Waals surface area contributed by atoms with Crippen molar-refractivity contribution in [3.63, 3.8) is 0 Å². The maximum atomic E-state index is 11.2. The van der Waals surface area contributed by atoms with Crippen LogP contribution in [-0.4, -0.2) is 35.6 Å². The van der Waals surface area contributed by atoms with E-state index in [0.29, 0.717) is 11.6 Å². The van der Waals surface area contributed by atoms with Crippen LogP contribution >= 0.6 is 0 Å². The first-order chi connectivity index (χ1) is 9.60. The summed E-state index contributed by atoms with van der Waals surface area (Å²) in [7, 11) is 2.15. The smallest absolute Gasteiger partial charge is 0.335 e. The molecule has 0 aliphatic rings. The molecule has 0 spiro atoms. The largest absolute Gasteiger partial charge is 0.478 e. The fourth-order valence-electron chi connectivity index (χ4n) is 2.60. The molecule has 0 aliphatic carbocycles. The molecule has 0 saturated carbocycles. The van der Waals surface area contributed by atoms with Gasteiger partial charge in [-0.3, -0.25) is 0 Å². The molecule has 0 saturated heterocycles. The van der Waals surface area contributed by atoms with Gasteiger partial charge in [0.2, 0.25) is 0 Å². The molecule has 0 aromatic heterocycles. The molecule has 0 heterocycles. The summed E-state index contributed by atoms with van der Waals surface area (Å²) in [6.07, 6.45) is 5.66. The van der Waals surface area contributed by atoms with Crippen LogP contribution in [0.2, 0.25) is 0 Å². The van der Waals surface area contributed by atoms with Gasteiger partial charge >= 0.3 is 5.97 Å². The summed E-state index contributed by atoms with van der Waals surface area (Å²) in [6, 6.07) is 7.91. The monoisotopic (exact) mass is 277 g/mol. The standard InChI is InChI=1S/C17H27NO2/c1-4-6-10-15(5-2)18(3)13-12-14-9-7-8-11-16(14)17(19)20/h7-9,11,15H,4-6,10,12-13H2,1-3H3,(H,19,20). The average Bonchev–Trinajstić information content (AvgIpc) is 2.46. The summed E-state index contributed by atoms with van der Waals surface area (Å²) in [5, 5.41) is 9.19. The zero-order valence-corrected chi connectivity index (χ0v) is 12.9. The van der Waals surface area contributed by atoms with Crippen molar-refractivity contribution in [2.45, 2.75) is 52.0 Å². The van der Waals surface area contributed by atoms with Crippen molar-refractivity contribution in [3.05, 3.63) is 35.4 Å². The molecule has 3 nitrogen and oxygen atoms in total. The van der Waals surface area contributed by atoms with E-state index in [2.05, 4.69) is 25.8 Å². The maximum absolute atomic E-state index is 11.2. The van der Waals surface area contributed by atoms with E-state index in [1.807, 2.05) is 12.1 Å². The van der Waals surface area contributed by atoms with E-state index in [4.69, 9.17) is 0 Å². The predicted octanol–water partition coefficient (Wildman–Crippen LogP) is 3.83. The summed E-state index contributed by atoms with van der Waals surface area (Å²) in [5.41, 5.74) is 1.36. The summed E-state index contributed by atoms with van der Waals surface area (Å²) in [4.78, 5) is 13.6. The van der Waals surface area contributed by atoms with Gasteiger partial charge in [0.05, 0.1) is 5.56 Å². The van der Waals surface area contributed by atoms with Crippen LogP contribution in [0.3, 0.4) is 0 Å². The van der Waals surface area contributed by atoms with Crippen LogP contribution in [0.1, 0.15) is 55.5 Å². The fourth-order valence-corrected chi connectivity index (χ4v) is 2.60. The molecule has 0 amide bonds. The molecule has 3 heteroatoms. The van der Waals surface area contributed by atoms with Gasteiger partial charge in [-0.1, -0.05) is 44.9 Å². The number of hydrogen-bond acceptors (Lipinski definition) is 2. The number of nitrogens with zero attached hydrogens (tertiary/aromatic N) is 1. The lowest BCUT2D eigenvalue weighted by Gasteiger charge is -2.27. The molecule has 1 rings (SSSR count). The number of carbonyl (C=O) groups is 1. The number of carboxylic acid groups (broad SMARTS) is 1. The molecule has 0 radical (unpaired) electrons. The third-order valence-corrected chi connectivity index (χ3v) is 3.97. The van der Waals surface area contributed by atoms with E-state index in [-0.39, 0.29) is 0 Å². The number of hydrogen-bond donors (Lipinski definition) is 1. The highest BCUT2D eigenvalue weighted by Crippen LogP contribution is 2.14. The summed E-state index contributed by atoms with van der Waals surface area (Å²) >= 11 is 0. The molecule has 1 aromatic carbocycles. The highest BCUT2D eigenvalue weighted by Gasteiger charge is 2.14. The minimum absolute atomic E-state index is 0.433. The second kappa shape index (κ2) is 8.75. The molecular formula is C17H27NO2. The zero-order chi connectivity index (χ0) is 15.0. The predicted molar refractivity (Wildman–Crippen MR) is 83.3 cm³/mol. The fraction of sp³-hybridized carbons (Fsp3) is 0.588. The van der Waals surface area contributed by atoms with Crippen LogP contribution in [0.5, 0.6) is 0 Å². The molecule has 1 atom stereocenters. The van der Waals surface area contributed by atoms with Crippen molar-refractivity contribution in [1.29, 1.82) is 0 Å². The van der Waals surface area contributed by atoms with Crippen LogP contribution in [-0.2, 0) is 6.42 Å². The number of carboxylic acids is 1. The Kier molecular flexibility index (Phi) is 7.31. The molecule has 1 unspecified atom stereocenters. The van der Waals surface area contributed by atoms with E-state index < -0.39 is 5.97 Å². The maximum Gasteiger partial charge on any atom is 0.335 e. The summed E-state index contributed by atoms with van der Waals surface area (Å²) in [6.45, 7) is 5.35. The van der Waals surface area contributed by atoms with Crippen molar-refractivity contribution in [2.24, 2.45) is 0 Å². The molecule has 1 N–H and O–H groups in total. The number of unbranched alkanes of at least 4 members (excludes halogenated alkanes) is 1. The van der Waals surface area contributed by atoms with Crippen LogP contribution in [0.4, 0.5) is 0 Å². The minimum Gasteiger partial charge on any atom is -0.478 e. The molecule has 20 heavy (non-hydrogen) atoms. The first-order valence-electron chi connectivity index (χ1n) is 7.61. The van der Waals surface area contributed by atoms with E-state index in [1.165, 1.54) is 19.3 Å². The van der Waals surface area contributed by atoms with E-state index >= 15 is 0 Å². The van der Waals surface area contributed by atoms with Gasteiger partial charge in [0.1, 0.15) is 0 Å². The second-order valence-corrected chi connectivity index (χ2v) is 5.40. The third kappa shape index (κ3) is 4.97. The molecule has 1 aromatic rings. The third-order valence-electron chi connectivity index (χ3n) is 3.97. The Morgan fingerprint density at radius 2 is 2.00 bits per heavy atom. The Bertz CT molecular complexity index is 417. The zero-order valence-electron chi connectivity index (χ0n) is 12.9. The van der Waals surface area contributed by atoms with Gasteiger partial charge < -0.3 is 10.0 Å². The summed E-state index contributed by atoms with van der Waals surface area (Å²) < 4.78 is 0. The lowest BCUT2D eigenvalue weighted by Crippen LogP contribution is -2.33. The number of benzene rings is 1. The van der Waals surface area contributed by atoms with Crippen LogP contribution in [0.25, 0.3) is 0 Å². The van der Waals surface area contributed by atoms with Crippen LogP contribution in [0.15, 0.2) is 24.3 Å². The Balaban J connectivity index is 2.59. The van der Waals surface area contributed by atoms with Crippen molar-refractivity contribution in [2.75, 3.05) is 13.6 Å². The first-order valence-corrected chi connectivity index (χ1v) is 7.61. The number of aromatic carboxylic acids is 1. The molecule has 112 valence electrons.